The number of aromatic nitrogens is 4. The summed E-state index contributed by atoms with van der Waals surface area (Å²) in [6, 6.07) is 11.0. The Morgan fingerprint density at radius 3 is 2.00 bits per heavy atom. The summed E-state index contributed by atoms with van der Waals surface area (Å²) in [5.74, 6) is 0.0729. The molecule has 32 heavy (non-hydrogen) atoms. The summed E-state index contributed by atoms with van der Waals surface area (Å²) in [5.41, 5.74) is 21.9. The zero-order chi connectivity index (χ0) is 22.5. The molecular weight excluding hydrogens is 406 g/mol. The van der Waals surface area contributed by atoms with Crippen LogP contribution < -0.4 is 17.2 Å². The fourth-order valence-corrected chi connectivity index (χ4v) is 5.11. The van der Waals surface area contributed by atoms with E-state index in [1.165, 1.54) is 0 Å². The number of aryl methyl sites for hydroxylation is 2. The summed E-state index contributed by atoms with van der Waals surface area (Å²) in [7, 11) is 0. The van der Waals surface area contributed by atoms with Crippen molar-refractivity contribution in [1.29, 1.82) is 0 Å². The van der Waals surface area contributed by atoms with Crippen LogP contribution in [0.2, 0.25) is 0 Å². The van der Waals surface area contributed by atoms with E-state index in [4.69, 9.17) is 17.2 Å². The third-order valence-corrected chi connectivity index (χ3v) is 6.88. The quantitative estimate of drug-likeness (QED) is 0.453. The molecule has 0 saturated heterocycles. The summed E-state index contributed by atoms with van der Waals surface area (Å²) in [6.07, 6.45) is 4.11. The predicted octanol–water partition coefficient (Wildman–Crippen LogP) is 0.958. The average molecular weight is 432 g/mol. The van der Waals surface area contributed by atoms with Gasteiger partial charge < -0.3 is 17.2 Å². The van der Waals surface area contributed by atoms with Crippen molar-refractivity contribution in [2.45, 2.75) is 43.6 Å². The highest BCUT2D eigenvalue weighted by molar-refractivity contribution is 5.94. The van der Waals surface area contributed by atoms with Gasteiger partial charge in [-0.1, -0.05) is 12.1 Å². The molecule has 0 radical (unpaired) electrons. The van der Waals surface area contributed by atoms with Gasteiger partial charge in [0, 0.05) is 17.2 Å². The number of benzene rings is 2. The number of carbonyl (C=O) groups is 2. The molecule has 9 heteroatoms. The van der Waals surface area contributed by atoms with Crippen LogP contribution in [0.1, 0.15) is 68.1 Å². The molecule has 1 fully saturated rings. The number of aromatic amines is 1. The Bertz CT molecular complexity index is 1140. The first-order valence-electron chi connectivity index (χ1n) is 10.8. The highest BCUT2D eigenvalue weighted by Gasteiger charge is 2.47. The standard InChI is InChI=1S/C23H25N7O2/c24-19(12-1-2-12)11-23(22-27-29-30-28-22)17-7-5-15(20(25)31)9-13(17)3-4-14-10-16(21(26)32)6-8-18(14)23/h5-10,12,19H,1-4,11,24H2,(H2,25,31)(H2,26,32)(H,27,28,29,30)/t19-/m0/s1. The summed E-state index contributed by atoms with van der Waals surface area (Å²) >= 11 is 0. The van der Waals surface area contributed by atoms with E-state index in [9.17, 15) is 9.59 Å². The number of rotatable bonds is 6. The largest absolute Gasteiger partial charge is 0.366 e. The number of nitrogens with two attached hydrogens (primary N) is 3. The molecule has 1 atom stereocenters. The van der Waals surface area contributed by atoms with Crippen molar-refractivity contribution in [3.63, 3.8) is 0 Å². The Morgan fingerprint density at radius 2 is 1.56 bits per heavy atom. The predicted molar refractivity (Wildman–Crippen MR) is 117 cm³/mol. The minimum Gasteiger partial charge on any atom is -0.366 e. The van der Waals surface area contributed by atoms with Crippen LogP contribution in [0.15, 0.2) is 36.4 Å². The van der Waals surface area contributed by atoms with Crippen molar-refractivity contribution >= 4 is 11.8 Å². The lowest BCUT2D eigenvalue weighted by Gasteiger charge is -2.36. The van der Waals surface area contributed by atoms with E-state index < -0.39 is 17.2 Å². The van der Waals surface area contributed by atoms with E-state index >= 15 is 0 Å². The normalized spacial score (nSPS) is 17.7. The lowest BCUT2D eigenvalue weighted by Crippen LogP contribution is -2.40. The Hall–Kier alpha value is -3.59. The van der Waals surface area contributed by atoms with Crippen molar-refractivity contribution in [3.05, 3.63) is 75.6 Å². The Labute approximate surface area is 184 Å². The van der Waals surface area contributed by atoms with Gasteiger partial charge in [-0.25, -0.2) is 5.10 Å². The van der Waals surface area contributed by atoms with Crippen LogP contribution in [0.5, 0.6) is 0 Å². The maximum Gasteiger partial charge on any atom is 0.248 e. The Kier molecular flexibility index (Phi) is 4.78. The molecular formula is C23H25N7O2. The number of H-pyrrole nitrogens is 1. The fourth-order valence-electron chi connectivity index (χ4n) is 5.11. The molecule has 164 valence electrons. The number of fused-ring (bicyclic) bond motifs is 2. The third kappa shape index (κ3) is 3.25. The van der Waals surface area contributed by atoms with Crippen molar-refractivity contribution in [3.8, 4) is 0 Å². The van der Waals surface area contributed by atoms with Crippen LogP contribution in [0.25, 0.3) is 0 Å². The Morgan fingerprint density at radius 1 is 1.00 bits per heavy atom. The van der Waals surface area contributed by atoms with E-state index in [-0.39, 0.29) is 6.04 Å². The average Bonchev–Trinajstić information content (AvgIpc) is 3.52. The second kappa shape index (κ2) is 7.52. The lowest BCUT2D eigenvalue weighted by molar-refractivity contribution is 0.0991. The molecule has 2 aromatic carbocycles. The number of carbonyl (C=O) groups excluding carboxylic acids is 2. The topological polar surface area (TPSA) is 167 Å². The first-order chi connectivity index (χ1) is 15.4. The van der Waals surface area contributed by atoms with Gasteiger partial charge in [0.25, 0.3) is 0 Å². The van der Waals surface area contributed by atoms with Crippen LogP contribution in [0.4, 0.5) is 0 Å². The maximum absolute atomic E-state index is 11.9. The van der Waals surface area contributed by atoms with E-state index in [1.807, 2.05) is 24.3 Å². The first kappa shape index (κ1) is 20.3. The molecule has 1 aromatic heterocycles. The van der Waals surface area contributed by atoms with Crippen molar-refractivity contribution < 1.29 is 9.59 Å². The molecule has 0 aliphatic heterocycles. The van der Waals surface area contributed by atoms with E-state index in [0.29, 0.717) is 42.1 Å². The Balaban J connectivity index is 1.80. The molecule has 2 aliphatic rings. The molecule has 1 saturated carbocycles. The molecule has 1 heterocycles. The molecule has 7 N–H and O–H groups in total. The summed E-state index contributed by atoms with van der Waals surface area (Å²) in [6.45, 7) is 0. The van der Waals surface area contributed by atoms with Crippen LogP contribution in [0, 0.1) is 5.92 Å². The van der Waals surface area contributed by atoms with Gasteiger partial charge in [-0.3, -0.25) is 9.59 Å². The van der Waals surface area contributed by atoms with Crippen LogP contribution in [0.3, 0.4) is 0 Å². The molecule has 2 amide bonds. The fraction of sp³-hybridized carbons (Fsp3) is 0.348. The molecule has 2 aliphatic carbocycles. The van der Waals surface area contributed by atoms with E-state index in [1.54, 1.807) is 12.1 Å². The summed E-state index contributed by atoms with van der Waals surface area (Å²) < 4.78 is 0. The second-order valence-corrected chi connectivity index (χ2v) is 8.83. The van der Waals surface area contributed by atoms with Gasteiger partial charge in [0.15, 0.2) is 5.82 Å². The van der Waals surface area contributed by atoms with Crippen LogP contribution in [-0.2, 0) is 18.3 Å². The molecule has 0 bridgehead atoms. The van der Waals surface area contributed by atoms with Gasteiger partial charge in [0.2, 0.25) is 11.8 Å². The van der Waals surface area contributed by atoms with Crippen LogP contribution >= 0.6 is 0 Å². The third-order valence-electron chi connectivity index (χ3n) is 6.88. The SMILES string of the molecule is NC(=O)c1ccc2c(c1)CCc1cc(C(N)=O)ccc1C2(C[C@H](N)C1CC1)c1nnn[nH]1. The zero-order valence-corrected chi connectivity index (χ0v) is 17.5. The molecule has 0 spiro atoms. The number of amides is 2. The number of hydrogen-bond acceptors (Lipinski definition) is 6. The lowest BCUT2D eigenvalue weighted by atomic mass is 9.67. The molecule has 5 rings (SSSR count). The van der Waals surface area contributed by atoms with Gasteiger partial charge in [0.05, 0.1) is 5.41 Å². The number of nitrogens with zero attached hydrogens (tertiary/aromatic N) is 3. The van der Waals surface area contributed by atoms with Crippen molar-refractivity contribution in [2.24, 2.45) is 23.1 Å². The number of primary amides is 2. The maximum atomic E-state index is 11.9. The van der Waals surface area contributed by atoms with Gasteiger partial charge in [-0.15, -0.1) is 5.10 Å². The second-order valence-electron chi connectivity index (χ2n) is 8.83. The van der Waals surface area contributed by atoms with Gasteiger partial charge >= 0.3 is 0 Å². The number of tetrazole rings is 1. The summed E-state index contributed by atoms with van der Waals surface area (Å²) in [4.78, 5) is 23.8. The summed E-state index contributed by atoms with van der Waals surface area (Å²) in [5, 5.41) is 15.1. The monoisotopic (exact) mass is 431 g/mol. The highest BCUT2D eigenvalue weighted by Crippen LogP contribution is 2.49. The van der Waals surface area contributed by atoms with Crippen molar-refractivity contribution in [2.75, 3.05) is 0 Å². The number of nitrogens with one attached hydrogen (secondary N) is 1. The zero-order valence-electron chi connectivity index (χ0n) is 17.5. The van der Waals surface area contributed by atoms with Gasteiger partial charge in [-0.2, -0.15) is 0 Å². The smallest absolute Gasteiger partial charge is 0.248 e. The molecule has 9 nitrogen and oxygen atoms in total. The highest BCUT2D eigenvalue weighted by atomic mass is 16.1. The van der Waals surface area contributed by atoms with E-state index in [0.717, 1.165) is 35.1 Å². The van der Waals surface area contributed by atoms with Crippen LogP contribution in [-0.4, -0.2) is 38.5 Å². The molecule has 0 unspecified atom stereocenters. The first-order valence-corrected chi connectivity index (χ1v) is 10.8. The van der Waals surface area contributed by atoms with Gasteiger partial charge in [-0.05, 0) is 95.0 Å². The van der Waals surface area contributed by atoms with Gasteiger partial charge in [0.1, 0.15) is 0 Å². The number of hydrogen-bond donors (Lipinski definition) is 4. The minimum absolute atomic E-state index is 0.0643. The van der Waals surface area contributed by atoms with E-state index in [2.05, 4.69) is 20.6 Å². The van der Waals surface area contributed by atoms with Crippen molar-refractivity contribution in [1.82, 2.24) is 20.6 Å². The molecule has 3 aromatic rings. The minimum atomic E-state index is -0.765.